The molecule has 1 aliphatic rings. The predicted octanol–water partition coefficient (Wildman–Crippen LogP) is 3.84. The van der Waals surface area contributed by atoms with Crippen LogP contribution in [-0.2, 0) is 10.3 Å². The maximum absolute atomic E-state index is 10.7. The van der Waals surface area contributed by atoms with Gasteiger partial charge in [0, 0.05) is 0 Å². The number of aliphatic imine (C=N–C) groups is 1. The number of ether oxygens (including phenoxy) is 1. The Hall–Kier alpha value is -1.60. The Morgan fingerprint density at radius 3 is 2.47 bits per heavy atom. The molecule has 3 nitrogen and oxygen atoms in total. The minimum Gasteiger partial charge on any atom is -0.496 e. The van der Waals surface area contributed by atoms with E-state index in [0.29, 0.717) is 5.92 Å². The molecule has 1 aliphatic carbocycles. The van der Waals surface area contributed by atoms with Gasteiger partial charge in [0.1, 0.15) is 5.75 Å². The summed E-state index contributed by atoms with van der Waals surface area (Å²) in [6.07, 6.45) is 4.75. The lowest BCUT2D eigenvalue weighted by molar-refractivity contribution is 0.254. The smallest absolute Gasteiger partial charge is 0.235 e. The van der Waals surface area contributed by atoms with Gasteiger partial charge in [0.15, 0.2) is 0 Å². The number of methoxy groups -OCH3 is 1. The van der Waals surface area contributed by atoms with Crippen LogP contribution in [0.25, 0.3) is 0 Å². The van der Waals surface area contributed by atoms with Gasteiger partial charge in [-0.3, -0.25) is 0 Å². The van der Waals surface area contributed by atoms with E-state index < -0.39 is 0 Å². The van der Waals surface area contributed by atoms with E-state index in [1.165, 1.54) is 5.56 Å². The molecular formula is C16H21NO2. The number of aryl methyl sites for hydroxylation is 1. The number of hydrogen-bond donors (Lipinski definition) is 0. The first-order chi connectivity index (χ1) is 9.04. The molecule has 19 heavy (non-hydrogen) atoms. The van der Waals surface area contributed by atoms with Gasteiger partial charge in [-0.2, -0.15) is 4.99 Å². The first-order valence-corrected chi connectivity index (χ1v) is 6.82. The molecule has 0 amide bonds. The van der Waals surface area contributed by atoms with Gasteiger partial charge in [-0.1, -0.05) is 13.8 Å². The second-order valence-corrected chi connectivity index (χ2v) is 5.65. The highest BCUT2D eigenvalue weighted by molar-refractivity contribution is 5.49. The summed E-state index contributed by atoms with van der Waals surface area (Å²) in [6, 6.07) is 4.23. The third-order valence-corrected chi connectivity index (χ3v) is 4.14. The molecule has 2 rings (SSSR count). The number of hydrogen-bond acceptors (Lipinski definition) is 3. The molecule has 0 unspecified atom stereocenters. The van der Waals surface area contributed by atoms with E-state index in [-0.39, 0.29) is 5.54 Å². The van der Waals surface area contributed by atoms with E-state index in [1.54, 1.807) is 13.2 Å². The quantitative estimate of drug-likeness (QED) is 0.608. The minimum absolute atomic E-state index is 0.332. The van der Waals surface area contributed by atoms with Gasteiger partial charge in [0.05, 0.1) is 12.6 Å². The van der Waals surface area contributed by atoms with E-state index in [9.17, 15) is 4.79 Å². The fraction of sp³-hybridized carbons (Fsp3) is 0.562. The summed E-state index contributed by atoms with van der Waals surface area (Å²) < 4.78 is 5.46. The summed E-state index contributed by atoms with van der Waals surface area (Å²) in [6.45, 7) is 6.35. The zero-order chi connectivity index (χ0) is 14.0. The zero-order valence-corrected chi connectivity index (χ0v) is 12.1. The average molecular weight is 259 g/mol. The molecule has 1 aromatic rings. The van der Waals surface area contributed by atoms with E-state index in [4.69, 9.17) is 4.74 Å². The van der Waals surface area contributed by atoms with Crippen molar-refractivity contribution in [1.29, 1.82) is 0 Å². The van der Waals surface area contributed by atoms with Crippen molar-refractivity contribution < 1.29 is 9.53 Å². The van der Waals surface area contributed by atoms with Crippen LogP contribution in [-0.4, -0.2) is 13.2 Å². The van der Waals surface area contributed by atoms with Gasteiger partial charge >= 0.3 is 0 Å². The van der Waals surface area contributed by atoms with Gasteiger partial charge in [-0.15, -0.1) is 0 Å². The van der Waals surface area contributed by atoms with E-state index in [1.807, 2.05) is 0 Å². The molecule has 0 bridgehead atoms. The predicted molar refractivity (Wildman–Crippen MR) is 75.5 cm³/mol. The molecule has 1 fully saturated rings. The fourth-order valence-electron chi connectivity index (χ4n) is 2.87. The number of isocyanates is 1. The van der Waals surface area contributed by atoms with Crippen LogP contribution in [0.1, 0.15) is 55.7 Å². The van der Waals surface area contributed by atoms with Gasteiger partial charge in [0.25, 0.3) is 0 Å². The van der Waals surface area contributed by atoms with Crippen LogP contribution >= 0.6 is 0 Å². The SMILES string of the molecule is COc1cc(C)c(C2(N=C=O)CCC2)cc1C(C)C. The molecule has 0 heterocycles. The summed E-state index contributed by atoms with van der Waals surface area (Å²) in [7, 11) is 1.70. The molecule has 0 aliphatic heterocycles. The third-order valence-electron chi connectivity index (χ3n) is 4.14. The summed E-state index contributed by atoms with van der Waals surface area (Å²) >= 11 is 0. The van der Waals surface area contributed by atoms with Gasteiger partial charge in [-0.25, -0.2) is 4.79 Å². The van der Waals surface area contributed by atoms with Crippen molar-refractivity contribution in [2.24, 2.45) is 4.99 Å². The molecule has 0 saturated heterocycles. The van der Waals surface area contributed by atoms with E-state index in [2.05, 4.69) is 37.9 Å². The molecule has 1 aromatic carbocycles. The molecule has 1 saturated carbocycles. The maximum Gasteiger partial charge on any atom is 0.235 e. The number of benzene rings is 1. The standard InChI is InChI=1S/C16H21NO2/c1-11(2)13-9-14(12(3)8-15(13)19-4)16(17-10-18)6-5-7-16/h8-9,11H,5-7H2,1-4H3. The van der Waals surface area contributed by atoms with Crippen LogP contribution in [0.4, 0.5) is 0 Å². The van der Waals surface area contributed by atoms with Gasteiger partial charge in [-0.05, 0) is 60.9 Å². The van der Waals surface area contributed by atoms with E-state index >= 15 is 0 Å². The largest absolute Gasteiger partial charge is 0.496 e. The summed E-state index contributed by atoms with van der Waals surface area (Å²) in [5.41, 5.74) is 3.14. The normalized spacial score (nSPS) is 16.7. The van der Waals surface area contributed by atoms with Crippen molar-refractivity contribution in [3.8, 4) is 5.75 Å². The Morgan fingerprint density at radius 1 is 1.37 bits per heavy atom. The Morgan fingerprint density at radius 2 is 2.05 bits per heavy atom. The first-order valence-electron chi connectivity index (χ1n) is 6.82. The molecule has 3 heteroatoms. The third kappa shape index (κ3) is 2.31. The lowest BCUT2D eigenvalue weighted by Crippen LogP contribution is -2.33. The Labute approximate surface area is 114 Å². The lowest BCUT2D eigenvalue weighted by atomic mass is 9.70. The van der Waals surface area contributed by atoms with Crippen LogP contribution < -0.4 is 4.74 Å². The second-order valence-electron chi connectivity index (χ2n) is 5.65. The Balaban J connectivity index is 2.57. The molecule has 0 atom stereocenters. The highest BCUT2D eigenvalue weighted by Crippen LogP contribution is 2.47. The molecule has 0 N–H and O–H groups in total. The van der Waals surface area contributed by atoms with Crippen LogP contribution in [0.2, 0.25) is 0 Å². The van der Waals surface area contributed by atoms with Crippen LogP contribution in [0.15, 0.2) is 17.1 Å². The fourth-order valence-corrected chi connectivity index (χ4v) is 2.87. The van der Waals surface area contributed by atoms with Crippen LogP contribution in [0, 0.1) is 6.92 Å². The minimum atomic E-state index is -0.332. The summed E-state index contributed by atoms with van der Waals surface area (Å²) in [5.74, 6) is 1.30. The second kappa shape index (κ2) is 5.18. The summed E-state index contributed by atoms with van der Waals surface area (Å²) in [5, 5.41) is 0. The highest BCUT2D eigenvalue weighted by Gasteiger charge is 2.40. The Kier molecular flexibility index (Phi) is 3.77. The molecule has 0 aromatic heterocycles. The van der Waals surface area contributed by atoms with Gasteiger partial charge < -0.3 is 4.74 Å². The lowest BCUT2D eigenvalue weighted by Gasteiger charge is -2.38. The topological polar surface area (TPSA) is 38.7 Å². The van der Waals surface area contributed by atoms with Crippen molar-refractivity contribution >= 4 is 6.08 Å². The molecule has 0 radical (unpaired) electrons. The average Bonchev–Trinajstić information content (AvgIpc) is 2.33. The number of nitrogens with zero attached hydrogens (tertiary/aromatic N) is 1. The molecule has 102 valence electrons. The van der Waals surface area contributed by atoms with Crippen molar-refractivity contribution in [3.05, 3.63) is 28.8 Å². The molecule has 0 spiro atoms. The van der Waals surface area contributed by atoms with Crippen molar-refractivity contribution in [2.75, 3.05) is 7.11 Å². The summed E-state index contributed by atoms with van der Waals surface area (Å²) in [4.78, 5) is 14.8. The first kappa shape index (κ1) is 13.8. The van der Waals surface area contributed by atoms with Crippen LogP contribution in [0.3, 0.4) is 0 Å². The van der Waals surface area contributed by atoms with Crippen LogP contribution in [0.5, 0.6) is 5.75 Å². The van der Waals surface area contributed by atoms with Crippen molar-refractivity contribution in [1.82, 2.24) is 0 Å². The maximum atomic E-state index is 10.7. The van der Waals surface area contributed by atoms with E-state index in [0.717, 1.165) is 36.1 Å². The monoisotopic (exact) mass is 259 g/mol. The molecular weight excluding hydrogens is 238 g/mol. The van der Waals surface area contributed by atoms with Crippen molar-refractivity contribution in [2.45, 2.75) is 51.5 Å². The number of rotatable bonds is 4. The van der Waals surface area contributed by atoms with Gasteiger partial charge in [0.2, 0.25) is 6.08 Å². The Bertz CT molecular complexity index is 524. The number of carbonyl (C=O) groups excluding carboxylic acids is 1. The highest BCUT2D eigenvalue weighted by atomic mass is 16.5. The van der Waals surface area contributed by atoms with Crippen molar-refractivity contribution in [3.63, 3.8) is 0 Å². The zero-order valence-electron chi connectivity index (χ0n) is 12.1.